The molecular formula is C12H14N2O2. The maximum Gasteiger partial charge on any atom is 0.303 e. The average molecular weight is 218 g/mol. The van der Waals surface area contributed by atoms with Crippen LogP contribution in [-0.4, -0.2) is 20.5 Å². The summed E-state index contributed by atoms with van der Waals surface area (Å²) < 4.78 is 1.98. The molecule has 2 aromatic rings. The van der Waals surface area contributed by atoms with Crippen LogP contribution in [0.2, 0.25) is 0 Å². The second-order valence-corrected chi connectivity index (χ2v) is 4.02. The van der Waals surface area contributed by atoms with Gasteiger partial charge in [0.1, 0.15) is 5.82 Å². The van der Waals surface area contributed by atoms with Gasteiger partial charge < -0.3 is 9.51 Å². The number of rotatable bonds is 3. The zero-order valence-electron chi connectivity index (χ0n) is 9.34. The molecule has 1 unspecified atom stereocenters. The summed E-state index contributed by atoms with van der Waals surface area (Å²) in [6.07, 6.45) is 3.88. The third-order valence-electron chi connectivity index (χ3n) is 2.80. The molecule has 2 rings (SSSR count). The van der Waals surface area contributed by atoms with Crippen LogP contribution in [0.1, 0.15) is 30.7 Å². The topological polar surface area (TPSA) is 54.6 Å². The molecule has 0 aliphatic heterocycles. The minimum atomic E-state index is -0.772. The number of fused-ring (bicyclic) bond motifs is 1. The molecule has 0 aromatic carbocycles. The number of hydrogen-bond donors (Lipinski definition) is 1. The fourth-order valence-corrected chi connectivity index (χ4v) is 1.96. The summed E-state index contributed by atoms with van der Waals surface area (Å²) in [5.74, 6) is 0.141. The average Bonchev–Trinajstić information content (AvgIpc) is 2.59. The van der Waals surface area contributed by atoms with E-state index in [1.807, 2.05) is 36.6 Å². The number of aliphatic carboxylic acids is 1. The van der Waals surface area contributed by atoms with E-state index in [1.165, 1.54) is 0 Å². The molecule has 4 heteroatoms. The van der Waals surface area contributed by atoms with E-state index >= 15 is 0 Å². The molecule has 4 nitrogen and oxygen atoms in total. The monoisotopic (exact) mass is 218 g/mol. The van der Waals surface area contributed by atoms with Crippen LogP contribution in [0.5, 0.6) is 0 Å². The van der Waals surface area contributed by atoms with E-state index in [-0.39, 0.29) is 12.3 Å². The van der Waals surface area contributed by atoms with Crippen molar-refractivity contribution in [3.63, 3.8) is 0 Å². The van der Waals surface area contributed by atoms with Crippen LogP contribution in [0.15, 0.2) is 24.5 Å². The highest BCUT2D eigenvalue weighted by Crippen LogP contribution is 2.24. The van der Waals surface area contributed by atoms with Gasteiger partial charge in [-0.1, -0.05) is 13.0 Å². The van der Waals surface area contributed by atoms with Crippen LogP contribution in [0.4, 0.5) is 0 Å². The Balaban J connectivity index is 2.48. The first-order valence-corrected chi connectivity index (χ1v) is 5.24. The number of pyridine rings is 1. The molecule has 0 aliphatic carbocycles. The van der Waals surface area contributed by atoms with Gasteiger partial charge in [-0.25, -0.2) is 4.98 Å². The molecule has 1 N–H and O–H groups in total. The summed E-state index contributed by atoms with van der Waals surface area (Å²) in [5.41, 5.74) is 2.03. The first kappa shape index (κ1) is 10.7. The molecule has 0 bridgehead atoms. The maximum atomic E-state index is 10.7. The number of imidazole rings is 1. The largest absolute Gasteiger partial charge is 0.481 e. The van der Waals surface area contributed by atoms with Crippen molar-refractivity contribution in [1.29, 1.82) is 0 Å². The number of carboxylic acid groups (broad SMARTS) is 1. The van der Waals surface area contributed by atoms with Gasteiger partial charge in [-0.05, 0) is 24.5 Å². The van der Waals surface area contributed by atoms with Gasteiger partial charge >= 0.3 is 5.97 Å². The Bertz CT molecular complexity index is 531. The Morgan fingerprint density at radius 1 is 1.62 bits per heavy atom. The van der Waals surface area contributed by atoms with Gasteiger partial charge in [0.2, 0.25) is 0 Å². The zero-order chi connectivity index (χ0) is 11.7. The van der Waals surface area contributed by atoms with Crippen molar-refractivity contribution in [3.8, 4) is 0 Å². The van der Waals surface area contributed by atoms with E-state index in [4.69, 9.17) is 5.11 Å². The number of nitrogens with zero attached hydrogens (tertiary/aromatic N) is 2. The molecule has 0 aliphatic rings. The molecule has 0 fully saturated rings. The smallest absolute Gasteiger partial charge is 0.303 e. The van der Waals surface area contributed by atoms with Gasteiger partial charge in [-0.15, -0.1) is 0 Å². The molecule has 0 saturated carbocycles. The molecule has 16 heavy (non-hydrogen) atoms. The van der Waals surface area contributed by atoms with Gasteiger partial charge in [0.05, 0.1) is 18.1 Å². The number of aromatic nitrogens is 2. The normalized spacial score (nSPS) is 12.9. The summed E-state index contributed by atoms with van der Waals surface area (Å²) in [6.45, 7) is 3.85. The molecule has 84 valence electrons. The van der Waals surface area contributed by atoms with Crippen LogP contribution in [0.3, 0.4) is 0 Å². The number of carboxylic acids is 1. The lowest BCUT2D eigenvalue weighted by atomic mass is 9.98. The Labute approximate surface area is 93.5 Å². The van der Waals surface area contributed by atoms with Gasteiger partial charge in [0, 0.05) is 6.20 Å². The maximum absolute atomic E-state index is 10.7. The fourth-order valence-electron chi connectivity index (χ4n) is 1.96. The van der Waals surface area contributed by atoms with Crippen LogP contribution >= 0.6 is 0 Å². The molecule has 0 radical (unpaired) electrons. The predicted octanol–water partition coefficient (Wildman–Crippen LogP) is 2.22. The highest BCUT2D eigenvalue weighted by Gasteiger charge is 2.14. The number of hydrogen-bond acceptors (Lipinski definition) is 2. The molecular weight excluding hydrogens is 204 g/mol. The molecule has 0 amide bonds. The Morgan fingerprint density at radius 2 is 2.38 bits per heavy atom. The van der Waals surface area contributed by atoms with Crippen molar-refractivity contribution in [2.24, 2.45) is 0 Å². The third-order valence-corrected chi connectivity index (χ3v) is 2.80. The zero-order valence-corrected chi connectivity index (χ0v) is 9.34. The van der Waals surface area contributed by atoms with Crippen LogP contribution in [0, 0.1) is 6.92 Å². The van der Waals surface area contributed by atoms with E-state index in [0.717, 1.165) is 16.9 Å². The summed E-state index contributed by atoms with van der Waals surface area (Å²) >= 11 is 0. The van der Waals surface area contributed by atoms with Crippen molar-refractivity contribution in [2.75, 3.05) is 0 Å². The van der Waals surface area contributed by atoms with Crippen LogP contribution in [0.25, 0.3) is 5.52 Å². The first-order valence-electron chi connectivity index (χ1n) is 5.24. The summed E-state index contributed by atoms with van der Waals surface area (Å²) in [7, 11) is 0. The summed E-state index contributed by atoms with van der Waals surface area (Å²) in [6, 6.07) is 3.89. The molecule has 0 spiro atoms. The minimum Gasteiger partial charge on any atom is -0.481 e. The lowest BCUT2D eigenvalue weighted by Crippen LogP contribution is -2.04. The van der Waals surface area contributed by atoms with E-state index in [0.29, 0.717) is 0 Å². The second-order valence-electron chi connectivity index (χ2n) is 4.02. The standard InChI is InChI=1S/C12H14N2O2/c1-8(6-12(15)16)10-4-3-5-14-9(2)13-7-11(10)14/h3-5,7-8H,6H2,1-2H3,(H,15,16). The van der Waals surface area contributed by atoms with E-state index < -0.39 is 5.97 Å². The molecule has 0 saturated heterocycles. The Hall–Kier alpha value is -1.84. The first-order chi connectivity index (χ1) is 7.59. The minimum absolute atomic E-state index is 0.00250. The van der Waals surface area contributed by atoms with E-state index in [9.17, 15) is 4.79 Å². The highest BCUT2D eigenvalue weighted by molar-refractivity contribution is 5.69. The van der Waals surface area contributed by atoms with Gasteiger partial charge in [0.15, 0.2) is 0 Å². The van der Waals surface area contributed by atoms with Gasteiger partial charge in [0.25, 0.3) is 0 Å². The molecule has 2 aromatic heterocycles. The number of carbonyl (C=O) groups is 1. The fraction of sp³-hybridized carbons (Fsp3) is 0.333. The van der Waals surface area contributed by atoms with Crippen LogP contribution in [-0.2, 0) is 4.79 Å². The summed E-state index contributed by atoms with van der Waals surface area (Å²) in [4.78, 5) is 14.9. The Kier molecular flexibility index (Phi) is 2.64. The second kappa shape index (κ2) is 3.96. The SMILES string of the molecule is Cc1ncc2c(C(C)CC(=O)O)cccn12. The predicted molar refractivity (Wildman–Crippen MR) is 60.6 cm³/mol. The third kappa shape index (κ3) is 1.78. The summed E-state index contributed by atoms with van der Waals surface area (Å²) in [5, 5.41) is 8.80. The lowest BCUT2D eigenvalue weighted by Gasteiger charge is -2.10. The van der Waals surface area contributed by atoms with Gasteiger partial charge in [-0.3, -0.25) is 4.79 Å². The molecule has 2 heterocycles. The van der Waals surface area contributed by atoms with Crippen molar-refractivity contribution < 1.29 is 9.90 Å². The van der Waals surface area contributed by atoms with Crippen molar-refractivity contribution in [2.45, 2.75) is 26.2 Å². The molecule has 1 atom stereocenters. The number of aryl methyl sites for hydroxylation is 1. The lowest BCUT2D eigenvalue weighted by molar-refractivity contribution is -0.137. The van der Waals surface area contributed by atoms with Crippen molar-refractivity contribution >= 4 is 11.5 Å². The van der Waals surface area contributed by atoms with Crippen LogP contribution < -0.4 is 0 Å². The van der Waals surface area contributed by atoms with Gasteiger partial charge in [-0.2, -0.15) is 0 Å². The quantitative estimate of drug-likeness (QED) is 0.859. The van der Waals surface area contributed by atoms with E-state index in [1.54, 1.807) is 6.20 Å². The van der Waals surface area contributed by atoms with Crippen molar-refractivity contribution in [3.05, 3.63) is 35.9 Å². The highest BCUT2D eigenvalue weighted by atomic mass is 16.4. The van der Waals surface area contributed by atoms with E-state index in [2.05, 4.69) is 4.98 Å². The van der Waals surface area contributed by atoms with Crippen molar-refractivity contribution in [1.82, 2.24) is 9.38 Å². The Morgan fingerprint density at radius 3 is 3.06 bits per heavy atom.